The molecule has 23 heavy (non-hydrogen) atoms. The van der Waals surface area contributed by atoms with Crippen molar-refractivity contribution in [1.82, 2.24) is 9.97 Å². The normalized spacial score (nSPS) is 11.2. The van der Waals surface area contributed by atoms with Gasteiger partial charge in [-0.05, 0) is 55.7 Å². The lowest BCUT2D eigenvalue weighted by Gasteiger charge is -2.12. The number of pyridine rings is 2. The molecule has 0 bridgehead atoms. The van der Waals surface area contributed by atoms with Crippen molar-refractivity contribution < 1.29 is 4.74 Å². The number of benzene rings is 1. The summed E-state index contributed by atoms with van der Waals surface area (Å²) in [5, 5.41) is 1.16. The molecule has 0 saturated carbocycles. The van der Waals surface area contributed by atoms with Crippen LogP contribution in [0.2, 0.25) is 0 Å². The topological polar surface area (TPSA) is 35.0 Å². The molecule has 0 amide bonds. The highest BCUT2D eigenvalue weighted by atomic mass is 16.5. The molecule has 3 aromatic rings. The summed E-state index contributed by atoms with van der Waals surface area (Å²) in [5.41, 5.74) is 6.17. The second-order valence-corrected chi connectivity index (χ2v) is 6.22. The number of fused-ring (bicyclic) bond motifs is 1. The third kappa shape index (κ3) is 2.79. The molecule has 2 heterocycles. The minimum atomic E-state index is 0.401. The molecule has 0 spiro atoms. The summed E-state index contributed by atoms with van der Waals surface area (Å²) in [6.07, 6.45) is 0. The number of aryl methyl sites for hydroxylation is 2. The van der Waals surface area contributed by atoms with E-state index in [0.717, 1.165) is 39.3 Å². The minimum Gasteiger partial charge on any atom is -0.496 e. The maximum absolute atomic E-state index is 5.43. The maximum Gasteiger partial charge on any atom is 0.123 e. The van der Waals surface area contributed by atoms with E-state index < -0.39 is 0 Å². The van der Waals surface area contributed by atoms with Gasteiger partial charge < -0.3 is 4.74 Å². The molecule has 0 aliphatic carbocycles. The summed E-state index contributed by atoms with van der Waals surface area (Å²) in [7, 11) is 1.69. The van der Waals surface area contributed by atoms with E-state index in [1.54, 1.807) is 7.11 Å². The fraction of sp³-hybridized carbons (Fsp3) is 0.300. The average Bonchev–Trinajstić information content (AvgIpc) is 2.55. The molecule has 0 saturated heterocycles. The Morgan fingerprint density at radius 2 is 1.74 bits per heavy atom. The first kappa shape index (κ1) is 15.5. The van der Waals surface area contributed by atoms with Gasteiger partial charge in [-0.1, -0.05) is 19.9 Å². The van der Waals surface area contributed by atoms with E-state index in [2.05, 4.69) is 52.0 Å². The number of ether oxygens (including phenoxy) is 1. The fourth-order valence-corrected chi connectivity index (χ4v) is 2.85. The highest BCUT2D eigenvalue weighted by Crippen LogP contribution is 2.30. The molecule has 0 fully saturated rings. The van der Waals surface area contributed by atoms with Gasteiger partial charge in [0.15, 0.2) is 0 Å². The van der Waals surface area contributed by atoms with E-state index in [4.69, 9.17) is 14.7 Å². The Hall–Kier alpha value is -2.42. The molecule has 3 rings (SSSR count). The molecule has 2 aromatic heterocycles. The Morgan fingerprint density at radius 3 is 2.43 bits per heavy atom. The van der Waals surface area contributed by atoms with Gasteiger partial charge in [0.25, 0.3) is 0 Å². The molecule has 118 valence electrons. The van der Waals surface area contributed by atoms with Gasteiger partial charge in [0.2, 0.25) is 0 Å². The van der Waals surface area contributed by atoms with Gasteiger partial charge >= 0.3 is 0 Å². The highest BCUT2D eigenvalue weighted by molar-refractivity contribution is 5.88. The third-order valence-corrected chi connectivity index (χ3v) is 4.24. The zero-order chi connectivity index (χ0) is 16.6. The lowest BCUT2D eigenvalue weighted by molar-refractivity contribution is 0.412. The summed E-state index contributed by atoms with van der Waals surface area (Å²) >= 11 is 0. The van der Waals surface area contributed by atoms with Crippen molar-refractivity contribution in [3.05, 3.63) is 53.2 Å². The Kier molecular flexibility index (Phi) is 4.03. The van der Waals surface area contributed by atoms with Crippen LogP contribution in [-0.2, 0) is 0 Å². The SMILES string of the molecule is COc1ccc2c(C)cc(-c3cccc(C(C)C)n3)nc2c1C. The quantitative estimate of drug-likeness (QED) is 0.679. The van der Waals surface area contributed by atoms with Crippen molar-refractivity contribution in [2.45, 2.75) is 33.6 Å². The summed E-state index contributed by atoms with van der Waals surface area (Å²) in [4.78, 5) is 9.64. The molecule has 3 heteroatoms. The predicted octanol–water partition coefficient (Wildman–Crippen LogP) is 5.05. The third-order valence-electron chi connectivity index (χ3n) is 4.24. The van der Waals surface area contributed by atoms with Crippen LogP contribution in [0.5, 0.6) is 5.75 Å². The average molecular weight is 306 g/mol. The van der Waals surface area contributed by atoms with Crippen LogP contribution in [0.4, 0.5) is 0 Å². The lowest BCUT2D eigenvalue weighted by Crippen LogP contribution is -1.98. The van der Waals surface area contributed by atoms with Gasteiger partial charge in [-0.25, -0.2) is 4.98 Å². The Bertz CT molecular complexity index is 869. The van der Waals surface area contributed by atoms with Crippen LogP contribution in [0.15, 0.2) is 36.4 Å². The first-order valence-corrected chi connectivity index (χ1v) is 7.93. The van der Waals surface area contributed by atoms with E-state index >= 15 is 0 Å². The largest absolute Gasteiger partial charge is 0.496 e. The van der Waals surface area contributed by atoms with Crippen LogP contribution >= 0.6 is 0 Å². The van der Waals surface area contributed by atoms with E-state index in [-0.39, 0.29) is 0 Å². The van der Waals surface area contributed by atoms with E-state index in [9.17, 15) is 0 Å². The first-order chi connectivity index (χ1) is 11.0. The van der Waals surface area contributed by atoms with Gasteiger partial charge in [-0.2, -0.15) is 0 Å². The molecule has 0 atom stereocenters. The van der Waals surface area contributed by atoms with Crippen LogP contribution in [0, 0.1) is 13.8 Å². The van der Waals surface area contributed by atoms with Crippen molar-refractivity contribution in [2.24, 2.45) is 0 Å². The molecular weight excluding hydrogens is 284 g/mol. The zero-order valence-electron chi connectivity index (χ0n) is 14.3. The van der Waals surface area contributed by atoms with Crippen LogP contribution in [-0.4, -0.2) is 17.1 Å². The number of hydrogen-bond acceptors (Lipinski definition) is 3. The maximum atomic E-state index is 5.43. The molecule has 0 aliphatic rings. The van der Waals surface area contributed by atoms with E-state index in [1.807, 2.05) is 12.1 Å². The number of methoxy groups -OCH3 is 1. The van der Waals surface area contributed by atoms with Crippen LogP contribution in [0.3, 0.4) is 0 Å². The van der Waals surface area contributed by atoms with Crippen LogP contribution in [0.1, 0.15) is 36.6 Å². The summed E-state index contributed by atoms with van der Waals surface area (Å²) in [6, 6.07) is 12.3. The smallest absolute Gasteiger partial charge is 0.123 e. The Morgan fingerprint density at radius 1 is 0.957 bits per heavy atom. The second kappa shape index (κ2) is 5.99. The van der Waals surface area contributed by atoms with Crippen LogP contribution in [0.25, 0.3) is 22.3 Å². The minimum absolute atomic E-state index is 0.401. The lowest BCUT2D eigenvalue weighted by atomic mass is 10.0. The molecule has 0 radical (unpaired) electrons. The molecular formula is C20H22N2O. The number of hydrogen-bond donors (Lipinski definition) is 0. The predicted molar refractivity (Wildman–Crippen MR) is 95.1 cm³/mol. The number of aromatic nitrogens is 2. The summed E-state index contributed by atoms with van der Waals surface area (Å²) < 4.78 is 5.43. The monoisotopic (exact) mass is 306 g/mol. The zero-order valence-corrected chi connectivity index (χ0v) is 14.3. The summed E-state index contributed by atoms with van der Waals surface area (Å²) in [6.45, 7) is 8.47. The van der Waals surface area contributed by atoms with Crippen molar-refractivity contribution in [2.75, 3.05) is 7.11 Å². The number of nitrogens with zero attached hydrogens (tertiary/aromatic N) is 2. The van der Waals surface area contributed by atoms with Gasteiger partial charge in [0, 0.05) is 16.6 Å². The van der Waals surface area contributed by atoms with Crippen molar-refractivity contribution in [3.63, 3.8) is 0 Å². The molecule has 1 aromatic carbocycles. The highest BCUT2D eigenvalue weighted by Gasteiger charge is 2.11. The second-order valence-electron chi connectivity index (χ2n) is 6.22. The van der Waals surface area contributed by atoms with Crippen molar-refractivity contribution in [3.8, 4) is 17.1 Å². The standard InChI is InChI=1S/C20H22N2O/c1-12(2)16-7-6-8-17(21-16)18-11-13(3)15-9-10-19(23-5)14(4)20(15)22-18/h6-12H,1-5H3. The number of rotatable bonds is 3. The van der Waals surface area contributed by atoms with Crippen molar-refractivity contribution >= 4 is 10.9 Å². The molecule has 3 nitrogen and oxygen atoms in total. The van der Waals surface area contributed by atoms with Gasteiger partial charge in [0.1, 0.15) is 5.75 Å². The Balaban J connectivity index is 2.23. The van der Waals surface area contributed by atoms with Gasteiger partial charge in [-0.3, -0.25) is 4.98 Å². The van der Waals surface area contributed by atoms with Gasteiger partial charge in [0.05, 0.1) is 24.0 Å². The van der Waals surface area contributed by atoms with E-state index in [1.165, 1.54) is 5.56 Å². The Labute approximate surface area is 137 Å². The van der Waals surface area contributed by atoms with Crippen LogP contribution < -0.4 is 4.74 Å². The molecule has 0 N–H and O–H groups in total. The molecule has 0 aliphatic heterocycles. The van der Waals surface area contributed by atoms with Gasteiger partial charge in [-0.15, -0.1) is 0 Å². The van der Waals surface area contributed by atoms with Crippen molar-refractivity contribution in [1.29, 1.82) is 0 Å². The molecule has 0 unspecified atom stereocenters. The van der Waals surface area contributed by atoms with E-state index in [0.29, 0.717) is 5.92 Å². The summed E-state index contributed by atoms with van der Waals surface area (Å²) in [5.74, 6) is 1.27. The fourth-order valence-electron chi connectivity index (χ4n) is 2.85. The first-order valence-electron chi connectivity index (χ1n) is 7.93.